The fourth-order valence-electron chi connectivity index (χ4n) is 4.17. The highest BCUT2D eigenvalue weighted by atomic mass is 19.1. The Bertz CT molecular complexity index is 705. The van der Waals surface area contributed by atoms with E-state index in [1.807, 2.05) is 25.7 Å². The second kappa shape index (κ2) is 8.19. The number of nitrogens with zero attached hydrogens (tertiary/aromatic N) is 2. The fourth-order valence-corrected chi connectivity index (χ4v) is 4.17. The molecule has 1 aromatic rings. The van der Waals surface area contributed by atoms with Crippen molar-refractivity contribution in [2.45, 2.75) is 45.6 Å². The van der Waals surface area contributed by atoms with E-state index in [4.69, 9.17) is 0 Å². The van der Waals surface area contributed by atoms with Crippen LogP contribution in [0.2, 0.25) is 0 Å². The number of piperazine rings is 1. The minimum Gasteiger partial charge on any atom is -0.353 e. The van der Waals surface area contributed by atoms with Gasteiger partial charge in [0.25, 0.3) is 0 Å². The first kappa shape index (κ1) is 20.8. The smallest absolute Gasteiger partial charge is 0.226 e. The van der Waals surface area contributed by atoms with Gasteiger partial charge in [0.15, 0.2) is 0 Å². The Morgan fingerprint density at radius 1 is 1.04 bits per heavy atom. The van der Waals surface area contributed by atoms with Gasteiger partial charge in [-0.05, 0) is 43.5 Å². The van der Waals surface area contributed by atoms with Gasteiger partial charge >= 0.3 is 0 Å². The van der Waals surface area contributed by atoms with Crippen LogP contribution in [0, 0.1) is 17.2 Å². The summed E-state index contributed by atoms with van der Waals surface area (Å²) >= 11 is 0. The summed E-state index contributed by atoms with van der Waals surface area (Å²) in [5.74, 6) is -0.295. The lowest BCUT2D eigenvalue weighted by molar-refractivity contribution is -0.137. The third kappa shape index (κ3) is 4.72. The second-order valence-electron chi connectivity index (χ2n) is 9.28. The van der Waals surface area contributed by atoms with Gasteiger partial charge in [0.05, 0.1) is 0 Å². The van der Waals surface area contributed by atoms with E-state index in [0.29, 0.717) is 12.8 Å². The van der Waals surface area contributed by atoms with E-state index in [1.165, 1.54) is 12.1 Å². The van der Waals surface area contributed by atoms with Crippen LogP contribution in [0.25, 0.3) is 0 Å². The molecule has 0 spiro atoms. The predicted octanol–water partition coefficient (Wildman–Crippen LogP) is 2.62. The number of hydrogen-bond acceptors (Lipinski definition) is 3. The van der Waals surface area contributed by atoms with Gasteiger partial charge in [-0.1, -0.05) is 32.9 Å². The van der Waals surface area contributed by atoms with Crippen molar-refractivity contribution < 1.29 is 14.0 Å². The third-order valence-electron chi connectivity index (χ3n) is 6.01. The SMILES string of the molecule is CN1CCN(C(=O)[C@H]2C[C@@H](NC(=O)C(C)(C)C)C[C@@H]2c2ccc(F)cc2)CC1. The number of benzene rings is 1. The lowest BCUT2D eigenvalue weighted by Gasteiger charge is -2.35. The summed E-state index contributed by atoms with van der Waals surface area (Å²) in [7, 11) is 2.07. The van der Waals surface area contributed by atoms with Gasteiger partial charge in [-0.2, -0.15) is 0 Å². The average molecular weight is 390 g/mol. The predicted molar refractivity (Wildman–Crippen MR) is 107 cm³/mol. The largest absolute Gasteiger partial charge is 0.353 e. The summed E-state index contributed by atoms with van der Waals surface area (Å²) in [6.45, 7) is 8.90. The van der Waals surface area contributed by atoms with Gasteiger partial charge in [0, 0.05) is 43.6 Å². The Hall–Kier alpha value is -1.95. The Morgan fingerprint density at radius 2 is 1.64 bits per heavy atom. The molecule has 1 aliphatic carbocycles. The Kier molecular flexibility index (Phi) is 6.08. The minimum atomic E-state index is -0.467. The van der Waals surface area contributed by atoms with E-state index in [0.717, 1.165) is 31.7 Å². The number of likely N-dealkylation sites (N-methyl/N-ethyl adjacent to an activating group) is 1. The average Bonchev–Trinajstić information content (AvgIpc) is 3.05. The van der Waals surface area contributed by atoms with Gasteiger partial charge in [-0.3, -0.25) is 9.59 Å². The van der Waals surface area contributed by atoms with Crippen LogP contribution in [0.5, 0.6) is 0 Å². The summed E-state index contributed by atoms with van der Waals surface area (Å²) in [4.78, 5) is 29.9. The van der Waals surface area contributed by atoms with Crippen molar-refractivity contribution in [2.75, 3.05) is 33.2 Å². The van der Waals surface area contributed by atoms with Crippen molar-refractivity contribution in [3.8, 4) is 0 Å². The molecule has 0 unspecified atom stereocenters. The first-order chi connectivity index (χ1) is 13.1. The summed E-state index contributed by atoms with van der Waals surface area (Å²) < 4.78 is 13.4. The zero-order chi connectivity index (χ0) is 20.5. The van der Waals surface area contributed by atoms with E-state index < -0.39 is 5.41 Å². The maximum atomic E-state index is 13.4. The quantitative estimate of drug-likeness (QED) is 0.865. The normalized spacial score (nSPS) is 26.3. The monoisotopic (exact) mass is 389 g/mol. The van der Waals surface area contributed by atoms with E-state index in [1.54, 1.807) is 12.1 Å². The molecule has 5 nitrogen and oxygen atoms in total. The molecule has 2 aliphatic rings. The molecule has 3 atom stereocenters. The molecule has 3 rings (SSSR count). The van der Waals surface area contributed by atoms with Gasteiger partial charge in [-0.25, -0.2) is 4.39 Å². The van der Waals surface area contributed by atoms with Crippen molar-refractivity contribution in [3.63, 3.8) is 0 Å². The number of carbonyl (C=O) groups is 2. The number of halogens is 1. The zero-order valence-corrected chi connectivity index (χ0v) is 17.4. The zero-order valence-electron chi connectivity index (χ0n) is 17.4. The molecule has 2 fully saturated rings. The highest BCUT2D eigenvalue weighted by Gasteiger charge is 2.42. The maximum Gasteiger partial charge on any atom is 0.226 e. The summed E-state index contributed by atoms with van der Waals surface area (Å²) in [5, 5.41) is 3.13. The maximum absolute atomic E-state index is 13.4. The number of rotatable bonds is 3. The first-order valence-corrected chi connectivity index (χ1v) is 10.2. The number of hydrogen-bond donors (Lipinski definition) is 1. The minimum absolute atomic E-state index is 0.00183. The molecule has 154 valence electrons. The fraction of sp³-hybridized carbons (Fsp3) is 0.636. The summed E-state index contributed by atoms with van der Waals surface area (Å²) in [6.07, 6.45) is 1.34. The molecule has 0 bridgehead atoms. The highest BCUT2D eigenvalue weighted by molar-refractivity contribution is 5.83. The Labute approximate surface area is 167 Å². The summed E-state index contributed by atoms with van der Waals surface area (Å²) in [6, 6.07) is 6.42. The van der Waals surface area contributed by atoms with Crippen LogP contribution < -0.4 is 5.32 Å². The Morgan fingerprint density at radius 3 is 2.21 bits per heavy atom. The molecule has 0 aromatic heterocycles. The van der Waals surface area contributed by atoms with Crippen LogP contribution in [-0.2, 0) is 9.59 Å². The lowest BCUT2D eigenvalue weighted by Crippen LogP contribution is -2.49. The van der Waals surface area contributed by atoms with Crippen LogP contribution in [0.3, 0.4) is 0 Å². The molecule has 6 heteroatoms. The standard InChI is InChI=1S/C22H32FN3O2/c1-22(2,3)21(28)24-17-13-18(15-5-7-16(23)8-6-15)19(14-17)20(27)26-11-9-25(4)10-12-26/h5-8,17-19H,9-14H2,1-4H3,(H,24,28)/t17-,18+,19-/m0/s1. The lowest BCUT2D eigenvalue weighted by atomic mass is 9.87. The van der Waals surface area contributed by atoms with E-state index >= 15 is 0 Å². The van der Waals surface area contributed by atoms with Gasteiger partial charge in [0.2, 0.25) is 11.8 Å². The third-order valence-corrected chi connectivity index (χ3v) is 6.01. The topological polar surface area (TPSA) is 52.6 Å². The molecule has 1 saturated carbocycles. The molecule has 1 aromatic carbocycles. The first-order valence-electron chi connectivity index (χ1n) is 10.2. The molecular formula is C22H32FN3O2. The highest BCUT2D eigenvalue weighted by Crippen LogP contribution is 2.41. The van der Waals surface area contributed by atoms with Crippen LogP contribution in [0.1, 0.15) is 45.1 Å². The van der Waals surface area contributed by atoms with Crippen molar-refractivity contribution in [3.05, 3.63) is 35.6 Å². The van der Waals surface area contributed by atoms with Crippen LogP contribution in [0.4, 0.5) is 4.39 Å². The van der Waals surface area contributed by atoms with Crippen LogP contribution >= 0.6 is 0 Å². The molecule has 1 aliphatic heterocycles. The van der Waals surface area contributed by atoms with Gasteiger partial charge < -0.3 is 15.1 Å². The van der Waals surface area contributed by atoms with Crippen LogP contribution in [0.15, 0.2) is 24.3 Å². The van der Waals surface area contributed by atoms with E-state index in [2.05, 4.69) is 17.3 Å². The van der Waals surface area contributed by atoms with Crippen LogP contribution in [-0.4, -0.2) is 60.9 Å². The number of amides is 2. The number of carbonyl (C=O) groups excluding carboxylic acids is 2. The van der Waals surface area contributed by atoms with E-state index in [-0.39, 0.29) is 35.5 Å². The Balaban J connectivity index is 1.78. The van der Waals surface area contributed by atoms with Gasteiger partial charge in [0.1, 0.15) is 5.82 Å². The molecule has 1 heterocycles. The molecular weight excluding hydrogens is 357 g/mol. The molecule has 28 heavy (non-hydrogen) atoms. The molecule has 2 amide bonds. The second-order valence-corrected chi connectivity index (χ2v) is 9.28. The molecule has 0 radical (unpaired) electrons. The van der Waals surface area contributed by atoms with Gasteiger partial charge in [-0.15, -0.1) is 0 Å². The van der Waals surface area contributed by atoms with Crippen molar-refractivity contribution in [1.29, 1.82) is 0 Å². The van der Waals surface area contributed by atoms with Crippen molar-refractivity contribution >= 4 is 11.8 Å². The van der Waals surface area contributed by atoms with Crippen molar-refractivity contribution in [2.24, 2.45) is 11.3 Å². The molecule has 1 saturated heterocycles. The van der Waals surface area contributed by atoms with E-state index in [9.17, 15) is 14.0 Å². The molecule has 1 N–H and O–H groups in total. The van der Waals surface area contributed by atoms with Crippen molar-refractivity contribution in [1.82, 2.24) is 15.1 Å². The number of nitrogens with one attached hydrogen (secondary N) is 1. The summed E-state index contributed by atoms with van der Waals surface area (Å²) in [5.41, 5.74) is 0.506.